The van der Waals surface area contributed by atoms with E-state index in [0.717, 1.165) is 22.9 Å². The van der Waals surface area contributed by atoms with Crippen molar-refractivity contribution in [2.45, 2.75) is 18.9 Å². The number of phenolic OH excluding ortho intramolecular Hbond substituents is 1. The summed E-state index contributed by atoms with van der Waals surface area (Å²) in [7, 11) is 3.22. The maximum Gasteiger partial charge on any atom is 0.258 e. The SMILES string of the molecule is COc1ccc(C2CCCN2C(=O)c2cc(Br)ccc2O)c(OC)c1. The maximum atomic E-state index is 13.0. The second-order valence-corrected chi connectivity index (χ2v) is 6.84. The van der Waals surface area contributed by atoms with Gasteiger partial charge in [-0.3, -0.25) is 4.79 Å². The molecule has 0 saturated carbocycles. The summed E-state index contributed by atoms with van der Waals surface area (Å²) in [5.74, 6) is 1.21. The lowest BCUT2D eigenvalue weighted by Crippen LogP contribution is -2.30. The van der Waals surface area contributed by atoms with Crippen molar-refractivity contribution < 1.29 is 19.4 Å². The zero-order chi connectivity index (χ0) is 18.0. The van der Waals surface area contributed by atoms with Gasteiger partial charge in [0.15, 0.2) is 0 Å². The molecule has 1 atom stereocenters. The number of phenols is 1. The van der Waals surface area contributed by atoms with Crippen LogP contribution in [-0.4, -0.2) is 36.7 Å². The molecule has 2 aromatic carbocycles. The van der Waals surface area contributed by atoms with E-state index in [-0.39, 0.29) is 17.7 Å². The molecule has 0 aromatic heterocycles. The predicted octanol–water partition coefficient (Wildman–Crippen LogP) is 4.15. The number of halogens is 1. The molecule has 6 heteroatoms. The predicted molar refractivity (Wildman–Crippen MR) is 98.4 cm³/mol. The molecule has 5 nitrogen and oxygen atoms in total. The molecule has 0 bridgehead atoms. The highest BCUT2D eigenvalue weighted by Gasteiger charge is 2.33. The van der Waals surface area contributed by atoms with Gasteiger partial charge in [-0.25, -0.2) is 0 Å². The van der Waals surface area contributed by atoms with Gasteiger partial charge in [0.25, 0.3) is 5.91 Å². The third-order valence-corrected chi connectivity index (χ3v) is 5.00. The van der Waals surface area contributed by atoms with Gasteiger partial charge < -0.3 is 19.5 Å². The Morgan fingerprint density at radius 1 is 1.20 bits per heavy atom. The lowest BCUT2D eigenvalue weighted by atomic mass is 10.0. The standard InChI is InChI=1S/C19H20BrNO4/c1-24-13-6-7-14(18(11-13)25-2)16-4-3-9-21(16)19(23)15-10-12(20)5-8-17(15)22/h5-8,10-11,16,22H,3-4,9H2,1-2H3. The molecule has 1 unspecified atom stereocenters. The lowest BCUT2D eigenvalue weighted by Gasteiger charge is -2.27. The van der Waals surface area contributed by atoms with E-state index in [9.17, 15) is 9.90 Å². The summed E-state index contributed by atoms with van der Waals surface area (Å²) in [6, 6.07) is 10.4. The van der Waals surface area contributed by atoms with E-state index < -0.39 is 0 Å². The van der Waals surface area contributed by atoms with Crippen LogP contribution >= 0.6 is 15.9 Å². The van der Waals surface area contributed by atoms with Crippen LogP contribution in [-0.2, 0) is 0 Å². The Kier molecular flexibility index (Phi) is 5.18. The first-order chi connectivity index (χ1) is 12.0. The quantitative estimate of drug-likeness (QED) is 0.829. The molecule has 1 aliphatic heterocycles. The lowest BCUT2D eigenvalue weighted by molar-refractivity contribution is 0.0731. The summed E-state index contributed by atoms with van der Waals surface area (Å²) in [5.41, 5.74) is 1.25. The maximum absolute atomic E-state index is 13.0. The van der Waals surface area contributed by atoms with Crippen molar-refractivity contribution in [1.82, 2.24) is 4.90 Å². The van der Waals surface area contributed by atoms with Crippen molar-refractivity contribution in [3.05, 3.63) is 52.0 Å². The van der Waals surface area contributed by atoms with Crippen LogP contribution in [0.5, 0.6) is 17.2 Å². The third kappa shape index (κ3) is 3.44. The van der Waals surface area contributed by atoms with Crippen molar-refractivity contribution >= 4 is 21.8 Å². The number of benzene rings is 2. The van der Waals surface area contributed by atoms with Crippen molar-refractivity contribution in [3.63, 3.8) is 0 Å². The Hall–Kier alpha value is -2.21. The first kappa shape index (κ1) is 17.6. The van der Waals surface area contributed by atoms with E-state index in [1.165, 1.54) is 6.07 Å². The van der Waals surface area contributed by atoms with Gasteiger partial charge in [-0.05, 0) is 43.2 Å². The monoisotopic (exact) mass is 405 g/mol. The van der Waals surface area contributed by atoms with Crippen LogP contribution in [0.3, 0.4) is 0 Å². The average Bonchev–Trinajstić information content (AvgIpc) is 3.12. The number of methoxy groups -OCH3 is 2. The molecule has 1 N–H and O–H groups in total. The number of carbonyl (C=O) groups is 1. The van der Waals surface area contributed by atoms with Crippen LogP contribution in [0.2, 0.25) is 0 Å². The van der Waals surface area contributed by atoms with Gasteiger partial charge in [0.1, 0.15) is 17.2 Å². The molecule has 1 saturated heterocycles. The minimum atomic E-state index is -0.181. The van der Waals surface area contributed by atoms with E-state index in [0.29, 0.717) is 23.6 Å². The van der Waals surface area contributed by atoms with Crippen molar-refractivity contribution in [2.24, 2.45) is 0 Å². The van der Waals surface area contributed by atoms with Gasteiger partial charge in [0.2, 0.25) is 0 Å². The zero-order valence-electron chi connectivity index (χ0n) is 14.2. The summed E-state index contributed by atoms with van der Waals surface area (Å²) in [4.78, 5) is 14.8. The largest absolute Gasteiger partial charge is 0.507 e. The molecule has 0 radical (unpaired) electrons. The molecule has 1 amide bonds. The molecule has 3 rings (SSSR count). The van der Waals surface area contributed by atoms with Crippen LogP contribution in [0.1, 0.15) is 34.8 Å². The molecule has 1 aliphatic rings. The first-order valence-electron chi connectivity index (χ1n) is 8.06. The van der Waals surface area contributed by atoms with E-state index in [1.54, 1.807) is 31.3 Å². The molecule has 2 aromatic rings. The van der Waals surface area contributed by atoms with Gasteiger partial charge in [-0.2, -0.15) is 0 Å². The number of aromatic hydroxyl groups is 1. The highest BCUT2D eigenvalue weighted by molar-refractivity contribution is 9.10. The van der Waals surface area contributed by atoms with Crippen LogP contribution in [0.25, 0.3) is 0 Å². The second kappa shape index (κ2) is 7.35. The highest BCUT2D eigenvalue weighted by atomic mass is 79.9. The van der Waals surface area contributed by atoms with Crippen LogP contribution in [0, 0.1) is 0 Å². The number of amides is 1. The smallest absolute Gasteiger partial charge is 0.258 e. The number of ether oxygens (including phenoxy) is 2. The van der Waals surface area contributed by atoms with Crippen LogP contribution in [0.15, 0.2) is 40.9 Å². The summed E-state index contributed by atoms with van der Waals surface area (Å²) < 4.78 is 11.5. The molecule has 132 valence electrons. The minimum Gasteiger partial charge on any atom is -0.507 e. The van der Waals surface area contributed by atoms with Gasteiger partial charge >= 0.3 is 0 Å². The molecule has 1 heterocycles. The van der Waals surface area contributed by atoms with E-state index in [1.807, 2.05) is 18.2 Å². The molecule has 1 fully saturated rings. The Morgan fingerprint density at radius 2 is 2.00 bits per heavy atom. The fourth-order valence-electron chi connectivity index (χ4n) is 3.26. The Bertz CT molecular complexity index is 793. The Balaban J connectivity index is 1.95. The summed E-state index contributed by atoms with van der Waals surface area (Å²) in [6.45, 7) is 0.643. The fourth-order valence-corrected chi connectivity index (χ4v) is 3.62. The van der Waals surface area contributed by atoms with E-state index in [2.05, 4.69) is 15.9 Å². The fraction of sp³-hybridized carbons (Fsp3) is 0.316. The number of rotatable bonds is 4. The van der Waals surface area contributed by atoms with Crippen molar-refractivity contribution in [2.75, 3.05) is 20.8 Å². The summed E-state index contributed by atoms with van der Waals surface area (Å²) >= 11 is 3.36. The zero-order valence-corrected chi connectivity index (χ0v) is 15.7. The summed E-state index contributed by atoms with van der Waals surface area (Å²) in [5, 5.41) is 10.1. The molecule has 0 aliphatic carbocycles. The molecule has 0 spiro atoms. The molecular weight excluding hydrogens is 386 g/mol. The Labute approximate surface area is 155 Å². The molecule has 25 heavy (non-hydrogen) atoms. The van der Waals surface area contributed by atoms with Gasteiger partial charge in [-0.15, -0.1) is 0 Å². The first-order valence-corrected chi connectivity index (χ1v) is 8.86. The average molecular weight is 406 g/mol. The highest BCUT2D eigenvalue weighted by Crippen LogP contribution is 2.40. The summed E-state index contributed by atoms with van der Waals surface area (Å²) in [6.07, 6.45) is 1.75. The van der Waals surface area contributed by atoms with Gasteiger partial charge in [-0.1, -0.05) is 15.9 Å². The van der Waals surface area contributed by atoms with Crippen LogP contribution < -0.4 is 9.47 Å². The topological polar surface area (TPSA) is 59.0 Å². The number of carbonyl (C=O) groups excluding carboxylic acids is 1. The van der Waals surface area contributed by atoms with Gasteiger partial charge in [0, 0.05) is 22.6 Å². The van der Waals surface area contributed by atoms with Gasteiger partial charge in [0.05, 0.1) is 25.8 Å². The normalized spacial score (nSPS) is 16.8. The number of likely N-dealkylation sites (tertiary alicyclic amines) is 1. The van der Waals surface area contributed by atoms with Crippen molar-refractivity contribution in [1.29, 1.82) is 0 Å². The second-order valence-electron chi connectivity index (χ2n) is 5.93. The number of hydrogen-bond donors (Lipinski definition) is 1. The van der Waals surface area contributed by atoms with Crippen molar-refractivity contribution in [3.8, 4) is 17.2 Å². The number of nitrogens with zero attached hydrogens (tertiary/aromatic N) is 1. The number of hydrogen-bond acceptors (Lipinski definition) is 4. The Morgan fingerprint density at radius 3 is 2.72 bits per heavy atom. The van der Waals surface area contributed by atoms with Crippen LogP contribution in [0.4, 0.5) is 0 Å². The molecular formula is C19H20BrNO4. The van der Waals surface area contributed by atoms with E-state index in [4.69, 9.17) is 9.47 Å². The van der Waals surface area contributed by atoms with E-state index >= 15 is 0 Å². The third-order valence-electron chi connectivity index (χ3n) is 4.50. The minimum absolute atomic E-state index is 0.0134.